The maximum Gasteiger partial charge on any atom is 0.338 e. The number of rotatable bonds is 3. The van der Waals surface area contributed by atoms with Gasteiger partial charge in [0.15, 0.2) is 6.10 Å². The molecule has 0 saturated carbocycles. The standard InChI is InChI=1S/C12H16N2O6/c1-3-19-11(17)9-7(15)4-8(20-9)14-5-6(2)10(16)13-12(14)18/h5,7-9,15H,3-4H2,1-2H3,(H,13,16,18). The number of carbonyl (C=O) groups excluding carboxylic acids is 1. The number of ether oxygens (including phenoxy) is 2. The number of aromatic amines is 1. The van der Waals surface area contributed by atoms with Crippen molar-refractivity contribution in [1.29, 1.82) is 0 Å². The number of aryl methyl sites for hydroxylation is 1. The molecule has 0 bridgehead atoms. The second-order valence-electron chi connectivity index (χ2n) is 4.55. The minimum Gasteiger partial charge on any atom is -0.464 e. The van der Waals surface area contributed by atoms with E-state index in [0.29, 0.717) is 5.56 Å². The molecule has 3 atom stereocenters. The fraction of sp³-hybridized carbons (Fsp3) is 0.583. The molecule has 1 aromatic rings. The van der Waals surface area contributed by atoms with E-state index in [9.17, 15) is 19.5 Å². The Kier molecular flexibility index (Phi) is 4.05. The van der Waals surface area contributed by atoms with E-state index in [-0.39, 0.29) is 13.0 Å². The molecule has 2 N–H and O–H groups in total. The Morgan fingerprint density at radius 1 is 1.60 bits per heavy atom. The molecule has 110 valence electrons. The van der Waals surface area contributed by atoms with Crippen LogP contribution in [0, 0.1) is 6.92 Å². The van der Waals surface area contributed by atoms with Crippen molar-refractivity contribution in [2.45, 2.75) is 38.7 Å². The van der Waals surface area contributed by atoms with E-state index in [1.807, 2.05) is 0 Å². The maximum atomic E-state index is 11.7. The molecule has 0 amide bonds. The van der Waals surface area contributed by atoms with Crippen molar-refractivity contribution in [3.63, 3.8) is 0 Å². The van der Waals surface area contributed by atoms with Gasteiger partial charge in [-0.25, -0.2) is 9.59 Å². The van der Waals surface area contributed by atoms with Gasteiger partial charge in [-0.15, -0.1) is 0 Å². The molecule has 1 aliphatic heterocycles. The van der Waals surface area contributed by atoms with Gasteiger partial charge in [-0.2, -0.15) is 0 Å². The molecule has 1 saturated heterocycles. The van der Waals surface area contributed by atoms with Crippen LogP contribution in [-0.4, -0.2) is 39.4 Å². The van der Waals surface area contributed by atoms with Crippen molar-refractivity contribution in [1.82, 2.24) is 9.55 Å². The largest absolute Gasteiger partial charge is 0.464 e. The molecular weight excluding hydrogens is 268 g/mol. The summed E-state index contributed by atoms with van der Waals surface area (Å²) in [5.41, 5.74) is -0.795. The second kappa shape index (κ2) is 5.59. The molecule has 1 aliphatic rings. The van der Waals surface area contributed by atoms with Crippen LogP contribution in [0.2, 0.25) is 0 Å². The number of aliphatic hydroxyl groups is 1. The first-order valence-electron chi connectivity index (χ1n) is 6.26. The van der Waals surface area contributed by atoms with Crippen LogP contribution < -0.4 is 11.2 Å². The van der Waals surface area contributed by atoms with Gasteiger partial charge in [-0.05, 0) is 13.8 Å². The number of esters is 1. The Labute approximate surface area is 114 Å². The summed E-state index contributed by atoms with van der Waals surface area (Å²) in [5, 5.41) is 9.82. The number of aliphatic hydroxyl groups excluding tert-OH is 1. The van der Waals surface area contributed by atoms with Gasteiger partial charge in [0.05, 0.1) is 12.7 Å². The average molecular weight is 284 g/mol. The zero-order valence-corrected chi connectivity index (χ0v) is 11.2. The van der Waals surface area contributed by atoms with Gasteiger partial charge in [0, 0.05) is 18.2 Å². The van der Waals surface area contributed by atoms with Crippen LogP contribution in [0.4, 0.5) is 0 Å². The molecule has 0 aromatic carbocycles. The molecule has 0 spiro atoms. The number of hydrogen-bond donors (Lipinski definition) is 2. The van der Waals surface area contributed by atoms with Gasteiger partial charge in [0.1, 0.15) is 6.23 Å². The van der Waals surface area contributed by atoms with Crippen molar-refractivity contribution < 1.29 is 19.4 Å². The van der Waals surface area contributed by atoms with Crippen LogP contribution >= 0.6 is 0 Å². The smallest absolute Gasteiger partial charge is 0.338 e. The van der Waals surface area contributed by atoms with Crippen molar-refractivity contribution in [3.05, 3.63) is 32.6 Å². The molecule has 0 aliphatic carbocycles. The third-order valence-electron chi connectivity index (χ3n) is 3.07. The van der Waals surface area contributed by atoms with E-state index in [1.54, 1.807) is 13.8 Å². The summed E-state index contributed by atoms with van der Waals surface area (Å²) >= 11 is 0. The molecule has 0 radical (unpaired) electrons. The molecule has 8 nitrogen and oxygen atoms in total. The molecular formula is C12H16N2O6. The topological polar surface area (TPSA) is 111 Å². The van der Waals surface area contributed by atoms with E-state index in [1.165, 1.54) is 6.20 Å². The molecule has 3 unspecified atom stereocenters. The first-order valence-corrected chi connectivity index (χ1v) is 6.26. The fourth-order valence-corrected chi connectivity index (χ4v) is 2.06. The SMILES string of the molecule is CCOC(=O)C1OC(n2cc(C)c(=O)[nH]c2=O)CC1O. The summed E-state index contributed by atoms with van der Waals surface area (Å²) in [6.45, 7) is 3.36. The van der Waals surface area contributed by atoms with E-state index < -0.39 is 35.7 Å². The quantitative estimate of drug-likeness (QED) is 0.693. The zero-order chi connectivity index (χ0) is 14.9. The molecule has 20 heavy (non-hydrogen) atoms. The highest BCUT2D eigenvalue weighted by Crippen LogP contribution is 2.28. The van der Waals surface area contributed by atoms with Crippen molar-refractivity contribution in [2.24, 2.45) is 0 Å². The third kappa shape index (κ3) is 2.66. The summed E-state index contributed by atoms with van der Waals surface area (Å²) in [5.74, 6) is -0.670. The van der Waals surface area contributed by atoms with Crippen molar-refractivity contribution >= 4 is 5.97 Å². The van der Waals surface area contributed by atoms with Crippen molar-refractivity contribution in [2.75, 3.05) is 6.61 Å². The number of nitrogens with one attached hydrogen (secondary N) is 1. The summed E-state index contributed by atoms with van der Waals surface area (Å²) in [6, 6.07) is 0. The Morgan fingerprint density at radius 3 is 2.95 bits per heavy atom. The van der Waals surface area contributed by atoms with Crippen LogP contribution in [0.3, 0.4) is 0 Å². The van der Waals surface area contributed by atoms with Gasteiger partial charge in [0.2, 0.25) is 0 Å². The Morgan fingerprint density at radius 2 is 2.30 bits per heavy atom. The third-order valence-corrected chi connectivity index (χ3v) is 3.07. The Bertz CT molecular complexity index is 619. The zero-order valence-electron chi connectivity index (χ0n) is 11.2. The lowest BCUT2D eigenvalue weighted by molar-refractivity contribution is -0.161. The number of carbonyl (C=O) groups is 1. The second-order valence-corrected chi connectivity index (χ2v) is 4.55. The Balaban J connectivity index is 2.24. The van der Waals surface area contributed by atoms with Crippen LogP contribution in [0.15, 0.2) is 15.8 Å². The lowest BCUT2D eigenvalue weighted by atomic mass is 10.2. The minimum atomic E-state index is -1.13. The summed E-state index contributed by atoms with van der Waals surface area (Å²) < 4.78 is 11.3. The van der Waals surface area contributed by atoms with Gasteiger partial charge < -0.3 is 14.6 Å². The van der Waals surface area contributed by atoms with Crippen LogP contribution in [0.25, 0.3) is 0 Å². The number of aromatic nitrogens is 2. The lowest BCUT2D eigenvalue weighted by Crippen LogP contribution is -2.34. The van der Waals surface area contributed by atoms with Crippen LogP contribution in [0.5, 0.6) is 0 Å². The molecule has 1 aromatic heterocycles. The van der Waals surface area contributed by atoms with Gasteiger partial charge in [-0.1, -0.05) is 0 Å². The van der Waals surface area contributed by atoms with Crippen LogP contribution in [-0.2, 0) is 14.3 Å². The number of nitrogens with zero attached hydrogens (tertiary/aromatic N) is 1. The minimum absolute atomic E-state index is 0.0644. The van der Waals surface area contributed by atoms with Crippen LogP contribution in [0.1, 0.15) is 25.1 Å². The predicted octanol–water partition coefficient (Wildman–Crippen LogP) is -0.943. The van der Waals surface area contributed by atoms with Gasteiger partial charge in [-0.3, -0.25) is 14.3 Å². The normalized spacial score (nSPS) is 25.6. The van der Waals surface area contributed by atoms with E-state index in [2.05, 4.69) is 4.98 Å². The first-order chi connectivity index (χ1) is 9.43. The highest BCUT2D eigenvalue weighted by Gasteiger charge is 2.41. The highest BCUT2D eigenvalue weighted by molar-refractivity contribution is 5.75. The van der Waals surface area contributed by atoms with Gasteiger partial charge in [0.25, 0.3) is 5.56 Å². The van der Waals surface area contributed by atoms with E-state index in [0.717, 1.165) is 4.57 Å². The number of hydrogen-bond acceptors (Lipinski definition) is 6. The number of H-pyrrole nitrogens is 1. The average Bonchev–Trinajstić information content (AvgIpc) is 2.76. The molecule has 2 rings (SSSR count). The monoisotopic (exact) mass is 284 g/mol. The Hall–Kier alpha value is -1.93. The summed E-state index contributed by atoms with van der Waals surface area (Å²) in [4.78, 5) is 36.7. The van der Waals surface area contributed by atoms with E-state index >= 15 is 0 Å². The predicted molar refractivity (Wildman–Crippen MR) is 67.2 cm³/mol. The summed E-state index contributed by atoms with van der Waals surface area (Å²) in [7, 11) is 0. The van der Waals surface area contributed by atoms with Gasteiger partial charge >= 0.3 is 11.7 Å². The fourth-order valence-electron chi connectivity index (χ4n) is 2.06. The highest BCUT2D eigenvalue weighted by atomic mass is 16.6. The van der Waals surface area contributed by atoms with E-state index in [4.69, 9.17) is 9.47 Å². The molecule has 2 heterocycles. The molecule has 8 heteroatoms. The molecule has 1 fully saturated rings. The van der Waals surface area contributed by atoms with Crippen molar-refractivity contribution in [3.8, 4) is 0 Å². The first kappa shape index (κ1) is 14.5. The maximum absolute atomic E-state index is 11.7. The summed E-state index contributed by atoms with van der Waals surface area (Å²) in [6.07, 6.45) is -1.60. The lowest BCUT2D eigenvalue weighted by Gasteiger charge is -2.15.